The van der Waals surface area contributed by atoms with Gasteiger partial charge in [0, 0.05) is 26.1 Å². The standard InChI is InChI=1S/C11H17N3O3S.ClH/c12-7-9-13-11(15)6-8-14-18(16,17)10-4-2-1-3-5-10;/h1-5,14H,6-9,12H2,(H,13,15);1H. The number of nitrogens with one attached hydrogen (secondary N) is 2. The summed E-state index contributed by atoms with van der Waals surface area (Å²) in [6.45, 7) is 0.819. The molecule has 0 heterocycles. The van der Waals surface area contributed by atoms with Gasteiger partial charge in [0.15, 0.2) is 0 Å². The first kappa shape index (κ1) is 17.8. The Balaban J connectivity index is 0.00000324. The summed E-state index contributed by atoms with van der Waals surface area (Å²) in [7, 11) is -3.53. The lowest BCUT2D eigenvalue weighted by molar-refractivity contribution is -0.120. The van der Waals surface area contributed by atoms with Crippen LogP contribution in [0, 0.1) is 0 Å². The molecule has 0 spiro atoms. The summed E-state index contributed by atoms with van der Waals surface area (Å²) in [5.41, 5.74) is 5.22. The molecule has 4 N–H and O–H groups in total. The summed E-state index contributed by atoms with van der Waals surface area (Å²) in [5.74, 6) is -0.226. The van der Waals surface area contributed by atoms with Crippen molar-refractivity contribution in [2.24, 2.45) is 5.73 Å². The van der Waals surface area contributed by atoms with Gasteiger partial charge in [-0.15, -0.1) is 12.4 Å². The third-order valence-electron chi connectivity index (χ3n) is 2.16. The van der Waals surface area contributed by atoms with E-state index in [1.165, 1.54) is 12.1 Å². The summed E-state index contributed by atoms with van der Waals surface area (Å²) in [4.78, 5) is 11.4. The number of rotatable bonds is 7. The highest BCUT2D eigenvalue weighted by molar-refractivity contribution is 7.89. The Kier molecular flexibility index (Phi) is 8.33. The Morgan fingerprint density at radius 1 is 1.16 bits per heavy atom. The van der Waals surface area contributed by atoms with Gasteiger partial charge in [0.1, 0.15) is 0 Å². The number of amides is 1. The number of halogens is 1. The van der Waals surface area contributed by atoms with E-state index in [0.29, 0.717) is 13.1 Å². The number of carbonyl (C=O) groups is 1. The highest BCUT2D eigenvalue weighted by Crippen LogP contribution is 2.06. The van der Waals surface area contributed by atoms with Crippen molar-refractivity contribution in [2.45, 2.75) is 11.3 Å². The second-order valence-corrected chi connectivity index (χ2v) is 5.37. The molecule has 0 unspecified atom stereocenters. The second-order valence-electron chi connectivity index (χ2n) is 3.60. The highest BCUT2D eigenvalue weighted by atomic mass is 35.5. The predicted molar refractivity (Wildman–Crippen MR) is 75.6 cm³/mol. The third-order valence-corrected chi connectivity index (χ3v) is 3.64. The number of nitrogens with two attached hydrogens (primary N) is 1. The van der Waals surface area contributed by atoms with Crippen molar-refractivity contribution in [3.63, 3.8) is 0 Å². The van der Waals surface area contributed by atoms with Crippen LogP contribution in [0.25, 0.3) is 0 Å². The minimum absolute atomic E-state index is 0. The normalized spacial score (nSPS) is 10.6. The van der Waals surface area contributed by atoms with Crippen molar-refractivity contribution in [1.29, 1.82) is 0 Å². The van der Waals surface area contributed by atoms with Crippen LogP contribution in [-0.2, 0) is 14.8 Å². The molecule has 1 rings (SSSR count). The van der Waals surface area contributed by atoms with Gasteiger partial charge in [-0.25, -0.2) is 13.1 Å². The zero-order valence-electron chi connectivity index (χ0n) is 10.3. The predicted octanol–water partition coefficient (Wildman–Crippen LogP) is -0.148. The molecule has 0 aliphatic rings. The van der Waals surface area contributed by atoms with E-state index in [4.69, 9.17) is 5.73 Å². The Morgan fingerprint density at radius 3 is 2.37 bits per heavy atom. The van der Waals surface area contributed by atoms with Gasteiger partial charge in [0.05, 0.1) is 4.90 Å². The lowest BCUT2D eigenvalue weighted by Crippen LogP contribution is -2.33. The molecule has 6 nitrogen and oxygen atoms in total. The number of hydrogen-bond donors (Lipinski definition) is 3. The van der Waals surface area contributed by atoms with Gasteiger partial charge >= 0.3 is 0 Å². The van der Waals surface area contributed by atoms with Crippen molar-refractivity contribution in [1.82, 2.24) is 10.0 Å². The number of sulfonamides is 1. The first-order chi connectivity index (χ1) is 8.56. The number of benzene rings is 1. The molecular formula is C11H18ClN3O3S. The molecule has 0 radical (unpaired) electrons. The Hall–Kier alpha value is -1.15. The van der Waals surface area contributed by atoms with Gasteiger partial charge in [0.25, 0.3) is 0 Å². The fraction of sp³-hybridized carbons (Fsp3) is 0.364. The van der Waals surface area contributed by atoms with Gasteiger partial charge in [-0.1, -0.05) is 18.2 Å². The molecule has 1 aromatic carbocycles. The van der Waals surface area contributed by atoms with E-state index in [9.17, 15) is 13.2 Å². The van der Waals surface area contributed by atoms with Gasteiger partial charge in [-0.2, -0.15) is 0 Å². The topological polar surface area (TPSA) is 101 Å². The molecule has 0 aromatic heterocycles. The summed E-state index contributed by atoms with van der Waals surface area (Å²) in [6.07, 6.45) is 0.0893. The maximum Gasteiger partial charge on any atom is 0.240 e. The Morgan fingerprint density at radius 2 is 1.79 bits per heavy atom. The Bertz CT molecular complexity index is 479. The smallest absolute Gasteiger partial charge is 0.240 e. The van der Waals surface area contributed by atoms with Gasteiger partial charge in [-0.05, 0) is 12.1 Å². The van der Waals surface area contributed by atoms with Crippen molar-refractivity contribution >= 4 is 28.3 Å². The lowest BCUT2D eigenvalue weighted by atomic mass is 10.4. The third kappa shape index (κ3) is 6.53. The monoisotopic (exact) mass is 307 g/mol. The van der Waals surface area contributed by atoms with Crippen LogP contribution in [-0.4, -0.2) is 34.0 Å². The van der Waals surface area contributed by atoms with Crippen LogP contribution < -0.4 is 15.8 Å². The molecule has 108 valence electrons. The molecule has 0 aliphatic carbocycles. The van der Waals surface area contributed by atoms with Crippen molar-refractivity contribution < 1.29 is 13.2 Å². The molecule has 8 heteroatoms. The number of hydrogen-bond acceptors (Lipinski definition) is 4. The molecule has 0 saturated carbocycles. The van der Waals surface area contributed by atoms with E-state index in [2.05, 4.69) is 10.0 Å². The maximum atomic E-state index is 11.8. The minimum atomic E-state index is -3.53. The first-order valence-electron chi connectivity index (χ1n) is 5.58. The van der Waals surface area contributed by atoms with E-state index in [1.807, 2.05) is 0 Å². The van der Waals surface area contributed by atoms with E-state index < -0.39 is 10.0 Å². The van der Waals surface area contributed by atoms with Crippen molar-refractivity contribution in [2.75, 3.05) is 19.6 Å². The SMILES string of the molecule is Cl.NCCNC(=O)CCNS(=O)(=O)c1ccccc1. The molecule has 1 amide bonds. The van der Waals surface area contributed by atoms with Crippen LogP contribution in [0.3, 0.4) is 0 Å². The van der Waals surface area contributed by atoms with Crippen molar-refractivity contribution in [3.8, 4) is 0 Å². The largest absolute Gasteiger partial charge is 0.355 e. The molecule has 0 atom stereocenters. The van der Waals surface area contributed by atoms with Crippen LogP contribution >= 0.6 is 12.4 Å². The fourth-order valence-corrected chi connectivity index (χ4v) is 2.33. The summed E-state index contributed by atoms with van der Waals surface area (Å²) in [5, 5.41) is 2.56. The van der Waals surface area contributed by atoms with E-state index in [1.54, 1.807) is 18.2 Å². The maximum absolute atomic E-state index is 11.8. The highest BCUT2D eigenvalue weighted by Gasteiger charge is 2.12. The average Bonchev–Trinajstić information content (AvgIpc) is 2.37. The molecular weight excluding hydrogens is 290 g/mol. The van der Waals surface area contributed by atoms with Gasteiger partial charge in [0.2, 0.25) is 15.9 Å². The number of carbonyl (C=O) groups excluding carboxylic acids is 1. The van der Waals surface area contributed by atoms with Gasteiger partial charge < -0.3 is 11.1 Å². The Labute approximate surface area is 119 Å². The minimum Gasteiger partial charge on any atom is -0.355 e. The summed E-state index contributed by atoms with van der Waals surface area (Å²) < 4.78 is 25.9. The van der Waals surface area contributed by atoms with Crippen LogP contribution in [0.2, 0.25) is 0 Å². The quantitative estimate of drug-likeness (QED) is 0.652. The van der Waals surface area contributed by atoms with Crippen LogP contribution in [0.4, 0.5) is 0 Å². The molecule has 0 bridgehead atoms. The van der Waals surface area contributed by atoms with E-state index >= 15 is 0 Å². The van der Waals surface area contributed by atoms with Crippen LogP contribution in [0.15, 0.2) is 35.2 Å². The summed E-state index contributed by atoms with van der Waals surface area (Å²) >= 11 is 0. The fourth-order valence-electron chi connectivity index (χ4n) is 1.28. The van der Waals surface area contributed by atoms with Gasteiger partial charge in [-0.3, -0.25) is 4.79 Å². The zero-order valence-corrected chi connectivity index (χ0v) is 12.0. The van der Waals surface area contributed by atoms with E-state index in [0.717, 1.165) is 0 Å². The molecule has 0 aliphatic heterocycles. The second kappa shape index (κ2) is 8.87. The van der Waals surface area contributed by atoms with E-state index in [-0.39, 0.29) is 36.2 Å². The summed E-state index contributed by atoms with van der Waals surface area (Å²) in [6, 6.07) is 8.01. The molecule has 0 saturated heterocycles. The first-order valence-corrected chi connectivity index (χ1v) is 7.06. The molecule has 0 fully saturated rings. The molecule has 19 heavy (non-hydrogen) atoms. The van der Waals surface area contributed by atoms with Crippen LogP contribution in [0.5, 0.6) is 0 Å². The molecule has 1 aromatic rings. The van der Waals surface area contributed by atoms with Crippen molar-refractivity contribution in [3.05, 3.63) is 30.3 Å². The average molecular weight is 308 g/mol. The lowest BCUT2D eigenvalue weighted by Gasteiger charge is -2.06. The zero-order chi connectivity index (χ0) is 13.4. The van der Waals surface area contributed by atoms with Crippen LogP contribution in [0.1, 0.15) is 6.42 Å².